The van der Waals surface area contributed by atoms with Gasteiger partial charge in [-0.15, -0.1) is 0 Å². The van der Waals surface area contributed by atoms with E-state index in [0.29, 0.717) is 19.4 Å². The fourth-order valence-electron chi connectivity index (χ4n) is 12.3. The second-order valence-electron chi connectivity index (χ2n) is 26.7. The Morgan fingerprint density at radius 3 is 0.918 bits per heavy atom. The highest BCUT2D eigenvalue weighted by molar-refractivity contribution is 5.76. The van der Waals surface area contributed by atoms with Crippen LogP contribution in [0.1, 0.15) is 431 Å². The van der Waals surface area contributed by atoms with Gasteiger partial charge in [-0.1, -0.05) is 391 Å². The third-order valence-electron chi connectivity index (χ3n) is 18.2. The summed E-state index contributed by atoms with van der Waals surface area (Å²) in [6.45, 7) is 4.91. The molecule has 1 amide bonds. The Morgan fingerprint density at radius 1 is 0.329 bits per heavy atom. The first kappa shape index (κ1) is 83.1. The molecule has 6 nitrogen and oxygen atoms in total. The van der Waals surface area contributed by atoms with E-state index in [1.807, 2.05) is 6.08 Å². The predicted octanol–water partition coefficient (Wildman–Crippen LogP) is 25.4. The van der Waals surface area contributed by atoms with E-state index in [1.54, 1.807) is 6.08 Å². The zero-order chi connectivity index (χ0) is 61.3. The molecule has 2 atom stereocenters. The number of nitrogens with one attached hydrogen (secondary N) is 1. The maximum atomic E-state index is 12.5. The monoisotopic (exact) mass is 1190 g/mol. The average molecular weight is 1200 g/mol. The molecule has 0 saturated carbocycles. The van der Waals surface area contributed by atoms with Crippen molar-refractivity contribution < 1.29 is 24.5 Å². The Bertz CT molecular complexity index is 1380. The van der Waals surface area contributed by atoms with Gasteiger partial charge >= 0.3 is 5.97 Å². The number of esters is 1. The van der Waals surface area contributed by atoms with Crippen LogP contribution >= 0.6 is 0 Å². The molecule has 502 valence electrons. The number of amides is 1. The van der Waals surface area contributed by atoms with Crippen LogP contribution in [0.15, 0.2) is 36.5 Å². The zero-order valence-electron chi connectivity index (χ0n) is 57.6. The highest BCUT2D eigenvalue weighted by atomic mass is 16.5. The van der Waals surface area contributed by atoms with E-state index >= 15 is 0 Å². The summed E-state index contributed by atoms with van der Waals surface area (Å²) in [7, 11) is 0. The first-order valence-corrected chi connectivity index (χ1v) is 38.8. The Hall–Kier alpha value is -1.92. The second-order valence-corrected chi connectivity index (χ2v) is 26.7. The van der Waals surface area contributed by atoms with Crippen molar-refractivity contribution in [3.8, 4) is 0 Å². The average Bonchev–Trinajstić information content (AvgIpc) is 3.51. The summed E-state index contributed by atoms with van der Waals surface area (Å²) < 4.78 is 5.49. The lowest BCUT2D eigenvalue weighted by molar-refractivity contribution is -0.143. The van der Waals surface area contributed by atoms with Gasteiger partial charge in [0, 0.05) is 12.8 Å². The Balaban J connectivity index is 3.33. The van der Waals surface area contributed by atoms with Crippen molar-refractivity contribution in [2.45, 2.75) is 443 Å². The Labute approximate surface area is 532 Å². The highest BCUT2D eigenvalue weighted by Gasteiger charge is 2.18. The van der Waals surface area contributed by atoms with Crippen LogP contribution in [0.4, 0.5) is 0 Å². The van der Waals surface area contributed by atoms with Gasteiger partial charge in [0.2, 0.25) is 5.91 Å². The molecule has 0 radical (unpaired) electrons. The van der Waals surface area contributed by atoms with Gasteiger partial charge in [0.1, 0.15) is 0 Å². The van der Waals surface area contributed by atoms with Crippen molar-refractivity contribution in [3.05, 3.63) is 36.5 Å². The van der Waals surface area contributed by atoms with Crippen LogP contribution in [-0.2, 0) is 14.3 Å². The van der Waals surface area contributed by atoms with Crippen LogP contribution in [0.5, 0.6) is 0 Å². The first-order chi connectivity index (χ1) is 42.0. The van der Waals surface area contributed by atoms with Crippen LogP contribution in [0.2, 0.25) is 0 Å². The number of rotatable bonds is 73. The lowest BCUT2D eigenvalue weighted by Gasteiger charge is -2.20. The Morgan fingerprint density at radius 2 is 0.588 bits per heavy atom. The third kappa shape index (κ3) is 71.0. The molecular weight excluding hydrogens is 1040 g/mol. The largest absolute Gasteiger partial charge is 0.466 e. The van der Waals surface area contributed by atoms with E-state index in [0.717, 1.165) is 51.4 Å². The van der Waals surface area contributed by atoms with Crippen molar-refractivity contribution in [1.29, 1.82) is 0 Å². The number of allylic oxidation sites excluding steroid dienone is 5. The first-order valence-electron chi connectivity index (χ1n) is 38.8. The molecule has 0 aliphatic heterocycles. The predicted molar refractivity (Wildman–Crippen MR) is 375 cm³/mol. The SMILES string of the molecule is CCCCC/C=C\C/C=C\CCCCCCCC(=O)OCCCCCCCCCCCCCCCCCCCCCCCCCCCCCCCCCCCCCC(=O)NC(CO)C(O)/C=C/CCCCCCCCCCCCCCCCCC. The standard InChI is InChI=1S/C79H151NO5/c1-3-5-7-9-11-13-15-17-19-20-40-44-47-51-55-59-63-67-71-77(82)76(75-81)80-78(83)72-68-64-60-56-52-48-45-41-38-36-34-32-30-28-26-24-22-21-23-25-27-29-31-33-35-37-39-42-46-50-54-58-62-66-70-74-85-79(84)73-69-65-61-57-53-49-43-18-16-14-12-10-8-6-4-2/h12,14,18,43,67,71,76-77,81-82H,3-11,13,15-17,19-42,44-66,68-70,72-75H2,1-2H3,(H,80,83)/b14-12-,43-18-,71-67+. The lowest BCUT2D eigenvalue weighted by Crippen LogP contribution is -2.45. The molecule has 0 aliphatic carbocycles. The van der Waals surface area contributed by atoms with E-state index in [9.17, 15) is 19.8 Å². The van der Waals surface area contributed by atoms with Gasteiger partial charge < -0.3 is 20.3 Å². The summed E-state index contributed by atoms with van der Waals surface area (Å²) in [5.74, 6) is -0.0502. The summed E-state index contributed by atoms with van der Waals surface area (Å²) >= 11 is 0. The number of aliphatic hydroxyl groups is 2. The van der Waals surface area contributed by atoms with Crippen molar-refractivity contribution in [1.82, 2.24) is 5.32 Å². The lowest BCUT2D eigenvalue weighted by atomic mass is 10.0. The molecule has 0 spiro atoms. The number of carbonyl (C=O) groups is 2. The number of carbonyl (C=O) groups excluding carboxylic acids is 2. The molecule has 0 fully saturated rings. The molecule has 0 heterocycles. The van der Waals surface area contributed by atoms with Crippen LogP contribution < -0.4 is 5.32 Å². The van der Waals surface area contributed by atoms with Gasteiger partial charge in [0.25, 0.3) is 0 Å². The van der Waals surface area contributed by atoms with Crippen molar-refractivity contribution in [3.63, 3.8) is 0 Å². The summed E-state index contributed by atoms with van der Waals surface area (Å²) in [4.78, 5) is 24.6. The van der Waals surface area contributed by atoms with Gasteiger partial charge in [0.15, 0.2) is 0 Å². The van der Waals surface area contributed by atoms with Crippen LogP contribution in [-0.4, -0.2) is 47.4 Å². The van der Waals surface area contributed by atoms with E-state index in [-0.39, 0.29) is 18.5 Å². The fraction of sp³-hybridized carbons (Fsp3) is 0.899. The maximum Gasteiger partial charge on any atom is 0.305 e. The van der Waals surface area contributed by atoms with Crippen LogP contribution in [0.25, 0.3) is 0 Å². The summed E-state index contributed by atoms with van der Waals surface area (Å²) in [5.41, 5.74) is 0. The molecule has 85 heavy (non-hydrogen) atoms. The van der Waals surface area contributed by atoms with E-state index in [2.05, 4.69) is 43.5 Å². The van der Waals surface area contributed by atoms with Gasteiger partial charge in [-0.05, 0) is 64.2 Å². The van der Waals surface area contributed by atoms with E-state index in [4.69, 9.17) is 4.74 Å². The van der Waals surface area contributed by atoms with Crippen molar-refractivity contribution in [2.24, 2.45) is 0 Å². The second kappa shape index (κ2) is 74.5. The molecule has 0 saturated heterocycles. The zero-order valence-corrected chi connectivity index (χ0v) is 57.6. The summed E-state index contributed by atoms with van der Waals surface area (Å²) in [6.07, 6.45) is 96.9. The summed E-state index contributed by atoms with van der Waals surface area (Å²) in [5, 5.41) is 23.2. The van der Waals surface area contributed by atoms with Crippen LogP contribution in [0.3, 0.4) is 0 Å². The van der Waals surface area contributed by atoms with E-state index < -0.39 is 12.1 Å². The van der Waals surface area contributed by atoms with Gasteiger partial charge in [0.05, 0.1) is 25.4 Å². The van der Waals surface area contributed by atoms with Gasteiger partial charge in [-0.2, -0.15) is 0 Å². The topological polar surface area (TPSA) is 95.9 Å². The molecule has 2 unspecified atom stereocenters. The number of aliphatic hydroxyl groups excluding tert-OH is 2. The minimum absolute atomic E-state index is 0.00883. The number of ether oxygens (including phenoxy) is 1. The summed E-state index contributed by atoms with van der Waals surface area (Å²) in [6, 6.07) is -0.624. The fourth-order valence-corrected chi connectivity index (χ4v) is 12.3. The molecule has 6 heteroatoms. The molecule has 0 aliphatic rings. The molecule has 3 N–H and O–H groups in total. The molecule has 0 aromatic heterocycles. The van der Waals surface area contributed by atoms with Crippen LogP contribution in [0, 0.1) is 0 Å². The molecular formula is C79H151NO5. The minimum atomic E-state index is -0.841. The number of hydrogen-bond acceptors (Lipinski definition) is 5. The normalized spacial score (nSPS) is 12.7. The van der Waals surface area contributed by atoms with Crippen molar-refractivity contribution >= 4 is 11.9 Å². The molecule has 0 aromatic rings. The van der Waals surface area contributed by atoms with Gasteiger partial charge in [-0.3, -0.25) is 9.59 Å². The third-order valence-corrected chi connectivity index (χ3v) is 18.2. The van der Waals surface area contributed by atoms with Gasteiger partial charge in [-0.25, -0.2) is 0 Å². The minimum Gasteiger partial charge on any atom is -0.466 e. The quantitative estimate of drug-likeness (QED) is 0.0320. The smallest absolute Gasteiger partial charge is 0.305 e. The molecule has 0 rings (SSSR count). The number of unbranched alkanes of at least 4 members (excludes halogenated alkanes) is 58. The maximum absolute atomic E-state index is 12.5. The Kier molecular flexibility index (Phi) is 72.9. The number of hydrogen-bond donors (Lipinski definition) is 3. The van der Waals surface area contributed by atoms with E-state index in [1.165, 1.54) is 353 Å². The highest BCUT2D eigenvalue weighted by Crippen LogP contribution is 2.20. The molecule has 0 bridgehead atoms. The van der Waals surface area contributed by atoms with Crippen molar-refractivity contribution in [2.75, 3.05) is 13.2 Å². The molecule has 0 aromatic carbocycles.